The molecule has 2 aromatic carbocycles. The van der Waals surface area contributed by atoms with E-state index in [0.29, 0.717) is 37.7 Å². The number of amides is 1. The summed E-state index contributed by atoms with van der Waals surface area (Å²) in [6.45, 7) is 1.62. The van der Waals surface area contributed by atoms with Crippen molar-refractivity contribution in [1.82, 2.24) is 5.32 Å². The molecule has 1 aliphatic rings. The molecule has 1 aliphatic heterocycles. The summed E-state index contributed by atoms with van der Waals surface area (Å²) in [5.74, 6) is 1.38. The summed E-state index contributed by atoms with van der Waals surface area (Å²) < 4.78 is 11.9. The highest BCUT2D eigenvalue weighted by molar-refractivity contribution is 9.10. The second kappa shape index (κ2) is 6.83. The van der Waals surface area contributed by atoms with E-state index in [2.05, 4.69) is 21.2 Å². The van der Waals surface area contributed by atoms with Crippen LogP contribution in [0.4, 0.5) is 0 Å². The Labute approximate surface area is 137 Å². The van der Waals surface area contributed by atoms with Gasteiger partial charge in [-0.15, -0.1) is 0 Å². The predicted molar refractivity (Wildman–Crippen MR) is 87.1 cm³/mol. The van der Waals surface area contributed by atoms with Gasteiger partial charge in [-0.05, 0) is 23.3 Å². The number of benzene rings is 2. The third-order valence-corrected chi connectivity index (χ3v) is 4.13. The molecule has 1 amide bonds. The topological polar surface area (TPSA) is 47.6 Å². The van der Waals surface area contributed by atoms with E-state index in [4.69, 9.17) is 9.47 Å². The molecule has 0 unspecified atom stereocenters. The molecule has 1 heterocycles. The smallest absolute Gasteiger partial charge is 0.224 e. The van der Waals surface area contributed by atoms with E-state index in [1.807, 2.05) is 42.5 Å². The van der Waals surface area contributed by atoms with Gasteiger partial charge in [-0.2, -0.15) is 0 Å². The van der Waals surface area contributed by atoms with Crippen molar-refractivity contribution < 1.29 is 14.3 Å². The van der Waals surface area contributed by atoms with Crippen LogP contribution in [0.2, 0.25) is 0 Å². The van der Waals surface area contributed by atoms with Crippen LogP contribution in [0.5, 0.6) is 11.5 Å². The lowest BCUT2D eigenvalue weighted by atomic mass is 10.1. The highest BCUT2D eigenvalue weighted by Crippen LogP contribution is 2.35. The van der Waals surface area contributed by atoms with Gasteiger partial charge in [0.05, 0.1) is 6.42 Å². The maximum Gasteiger partial charge on any atom is 0.224 e. The molecule has 0 aromatic heterocycles. The van der Waals surface area contributed by atoms with Crippen LogP contribution in [0.15, 0.2) is 46.9 Å². The molecule has 0 spiro atoms. The molecule has 114 valence electrons. The van der Waals surface area contributed by atoms with E-state index in [0.717, 1.165) is 15.6 Å². The molecule has 0 aliphatic carbocycles. The Morgan fingerprint density at radius 3 is 2.50 bits per heavy atom. The molecule has 5 heteroatoms. The summed E-state index contributed by atoms with van der Waals surface area (Å²) in [7, 11) is 0. The first-order valence-electron chi connectivity index (χ1n) is 7.11. The molecule has 0 fully saturated rings. The van der Waals surface area contributed by atoms with Crippen molar-refractivity contribution in [3.8, 4) is 11.5 Å². The van der Waals surface area contributed by atoms with Gasteiger partial charge in [0.1, 0.15) is 13.2 Å². The number of rotatable bonds is 4. The number of ether oxygens (including phenoxy) is 2. The van der Waals surface area contributed by atoms with Crippen molar-refractivity contribution in [2.45, 2.75) is 13.0 Å². The molecule has 4 nitrogen and oxygen atoms in total. The lowest BCUT2D eigenvalue weighted by Gasteiger charge is -2.19. The fourth-order valence-corrected chi connectivity index (χ4v) is 2.74. The van der Waals surface area contributed by atoms with Gasteiger partial charge in [-0.25, -0.2) is 0 Å². The van der Waals surface area contributed by atoms with E-state index in [-0.39, 0.29) is 5.91 Å². The molecule has 1 N–H and O–H groups in total. The molecule has 0 saturated carbocycles. The Bertz CT molecular complexity index is 673. The zero-order valence-corrected chi connectivity index (χ0v) is 13.6. The van der Waals surface area contributed by atoms with Gasteiger partial charge in [0.15, 0.2) is 11.5 Å². The van der Waals surface area contributed by atoms with Crippen LogP contribution in [0.25, 0.3) is 0 Å². The van der Waals surface area contributed by atoms with Crippen molar-refractivity contribution >= 4 is 21.8 Å². The summed E-state index contributed by atoms with van der Waals surface area (Å²) in [6.07, 6.45) is 0.296. The standard InChI is InChI=1S/C17H16BrNO3/c18-14-10-16-15(21-6-7-22-16)8-13(14)9-17(20)19-11-12-4-2-1-3-5-12/h1-5,8,10H,6-7,9,11H2,(H,19,20). The number of hydrogen-bond donors (Lipinski definition) is 1. The Balaban J connectivity index is 1.64. The monoisotopic (exact) mass is 361 g/mol. The zero-order chi connectivity index (χ0) is 15.4. The van der Waals surface area contributed by atoms with Crippen molar-refractivity contribution in [3.05, 3.63) is 58.1 Å². The van der Waals surface area contributed by atoms with E-state index in [1.54, 1.807) is 0 Å². The Hall–Kier alpha value is -2.01. The molecule has 2 aromatic rings. The van der Waals surface area contributed by atoms with E-state index in [1.165, 1.54) is 0 Å². The van der Waals surface area contributed by atoms with Crippen molar-refractivity contribution in [2.75, 3.05) is 13.2 Å². The van der Waals surface area contributed by atoms with Gasteiger partial charge >= 0.3 is 0 Å². The summed E-state index contributed by atoms with van der Waals surface area (Å²) in [6, 6.07) is 13.6. The number of carbonyl (C=O) groups excluding carboxylic acids is 1. The van der Waals surface area contributed by atoms with Crippen LogP contribution in [0.1, 0.15) is 11.1 Å². The number of nitrogens with one attached hydrogen (secondary N) is 1. The zero-order valence-electron chi connectivity index (χ0n) is 12.0. The van der Waals surface area contributed by atoms with Gasteiger partial charge in [0, 0.05) is 11.0 Å². The highest BCUT2D eigenvalue weighted by Gasteiger charge is 2.16. The maximum atomic E-state index is 12.1. The lowest BCUT2D eigenvalue weighted by molar-refractivity contribution is -0.120. The largest absolute Gasteiger partial charge is 0.486 e. The summed E-state index contributed by atoms with van der Waals surface area (Å²) in [4.78, 5) is 12.1. The van der Waals surface area contributed by atoms with Crippen molar-refractivity contribution in [1.29, 1.82) is 0 Å². The summed E-state index contributed by atoms with van der Waals surface area (Å²) >= 11 is 3.48. The SMILES string of the molecule is O=C(Cc1cc2c(cc1Br)OCCO2)NCc1ccccc1. The molecule has 0 bridgehead atoms. The molecular weight excluding hydrogens is 346 g/mol. The first-order valence-corrected chi connectivity index (χ1v) is 7.90. The van der Waals surface area contributed by atoms with Crippen LogP contribution in [-0.2, 0) is 17.8 Å². The first kappa shape index (κ1) is 14.9. The maximum absolute atomic E-state index is 12.1. The van der Waals surface area contributed by atoms with Gasteiger partial charge in [0.2, 0.25) is 5.91 Å². The minimum atomic E-state index is -0.0266. The first-order chi connectivity index (χ1) is 10.7. The van der Waals surface area contributed by atoms with Gasteiger partial charge in [-0.1, -0.05) is 46.3 Å². The minimum Gasteiger partial charge on any atom is -0.486 e. The van der Waals surface area contributed by atoms with Crippen molar-refractivity contribution in [3.63, 3.8) is 0 Å². The van der Waals surface area contributed by atoms with Crippen LogP contribution in [0, 0.1) is 0 Å². The minimum absolute atomic E-state index is 0.0266. The van der Waals surface area contributed by atoms with Crippen LogP contribution >= 0.6 is 15.9 Å². The number of halogens is 1. The fraction of sp³-hybridized carbons (Fsp3) is 0.235. The Kier molecular flexibility index (Phi) is 4.63. The van der Waals surface area contributed by atoms with E-state index < -0.39 is 0 Å². The Morgan fingerprint density at radius 2 is 1.77 bits per heavy atom. The third kappa shape index (κ3) is 3.60. The fourth-order valence-electron chi connectivity index (χ4n) is 2.27. The molecule has 22 heavy (non-hydrogen) atoms. The van der Waals surface area contributed by atoms with Gasteiger partial charge < -0.3 is 14.8 Å². The van der Waals surface area contributed by atoms with Crippen LogP contribution in [0.3, 0.4) is 0 Å². The number of fused-ring (bicyclic) bond motifs is 1. The second-order valence-corrected chi connectivity index (χ2v) is 5.88. The quantitative estimate of drug-likeness (QED) is 0.910. The highest BCUT2D eigenvalue weighted by atomic mass is 79.9. The van der Waals surface area contributed by atoms with Crippen LogP contribution < -0.4 is 14.8 Å². The molecular formula is C17H16BrNO3. The molecule has 3 rings (SSSR count). The average molecular weight is 362 g/mol. The number of hydrogen-bond acceptors (Lipinski definition) is 3. The molecule has 0 radical (unpaired) electrons. The van der Waals surface area contributed by atoms with E-state index >= 15 is 0 Å². The lowest BCUT2D eigenvalue weighted by Crippen LogP contribution is -2.25. The molecule has 0 saturated heterocycles. The predicted octanol–water partition coefficient (Wildman–Crippen LogP) is 3.08. The third-order valence-electron chi connectivity index (χ3n) is 3.39. The van der Waals surface area contributed by atoms with Crippen LogP contribution in [-0.4, -0.2) is 19.1 Å². The van der Waals surface area contributed by atoms with E-state index in [9.17, 15) is 4.79 Å². The van der Waals surface area contributed by atoms with Gasteiger partial charge in [-0.3, -0.25) is 4.79 Å². The van der Waals surface area contributed by atoms with Gasteiger partial charge in [0.25, 0.3) is 0 Å². The molecule has 0 atom stereocenters. The Morgan fingerprint density at radius 1 is 1.09 bits per heavy atom. The average Bonchev–Trinajstić information content (AvgIpc) is 2.55. The normalized spacial score (nSPS) is 12.8. The number of carbonyl (C=O) groups is 1. The summed E-state index contributed by atoms with van der Waals surface area (Å²) in [5.41, 5.74) is 1.96. The second-order valence-electron chi connectivity index (χ2n) is 5.03. The van der Waals surface area contributed by atoms with Crippen molar-refractivity contribution in [2.24, 2.45) is 0 Å². The summed E-state index contributed by atoms with van der Waals surface area (Å²) in [5, 5.41) is 2.92.